The lowest BCUT2D eigenvalue weighted by Gasteiger charge is -2.17. The quantitative estimate of drug-likeness (QED) is 0.159. The Morgan fingerprint density at radius 3 is 2.55 bits per heavy atom. The number of aryl methyl sites for hydroxylation is 1. The first kappa shape index (κ1) is 30.1. The number of hydrogen-bond donors (Lipinski definition) is 3. The summed E-state index contributed by atoms with van der Waals surface area (Å²) < 4.78 is 1.99. The first-order valence-electron chi connectivity index (χ1n) is 15.6. The highest BCUT2D eigenvalue weighted by Gasteiger charge is 2.43. The molecular formula is C34H35N9O4. The predicted octanol–water partition coefficient (Wildman–Crippen LogP) is 4.88. The number of urea groups is 1. The lowest BCUT2D eigenvalue weighted by Crippen LogP contribution is -2.30. The second-order valence-electron chi connectivity index (χ2n) is 12.3. The lowest BCUT2D eigenvalue weighted by molar-refractivity contribution is -0.124. The molecule has 2 saturated carbocycles. The maximum atomic E-state index is 12.9. The van der Waals surface area contributed by atoms with Gasteiger partial charge in [0.2, 0.25) is 5.91 Å². The Hall–Kier alpha value is -5.59. The van der Waals surface area contributed by atoms with Gasteiger partial charge in [-0.3, -0.25) is 24.4 Å². The van der Waals surface area contributed by atoms with Crippen LogP contribution in [0.25, 0.3) is 16.6 Å². The molecule has 1 saturated heterocycles. The SMILES string of the molecule is CNc1cc([C@H]2C[C@@H]2c2nccc(C)n2)nc2cc(NCc3cn4cc(C5CC5)cc(N5CC(=O)N(C)C5=O)c4n3)ccc12.O=CO. The van der Waals surface area contributed by atoms with E-state index in [0.29, 0.717) is 35.6 Å². The number of carbonyl (C=O) groups excluding carboxylic acids is 2. The van der Waals surface area contributed by atoms with Crippen molar-refractivity contribution in [3.63, 3.8) is 0 Å². The molecule has 2 aliphatic carbocycles. The number of carboxylic acid groups (broad SMARTS) is 1. The third-order valence-electron chi connectivity index (χ3n) is 9.02. The highest BCUT2D eigenvalue weighted by atomic mass is 16.3. The van der Waals surface area contributed by atoms with Gasteiger partial charge in [0, 0.05) is 72.7 Å². The van der Waals surface area contributed by atoms with E-state index in [1.54, 1.807) is 0 Å². The largest absolute Gasteiger partial charge is 0.483 e. The average Bonchev–Trinajstić information content (AvgIpc) is 4.00. The van der Waals surface area contributed by atoms with Crippen molar-refractivity contribution in [1.29, 1.82) is 0 Å². The number of rotatable bonds is 8. The molecule has 3 aliphatic rings. The summed E-state index contributed by atoms with van der Waals surface area (Å²) in [6.45, 7) is 2.27. The number of likely N-dealkylation sites (N-methyl/N-ethyl adjacent to an activating group) is 1. The zero-order valence-corrected chi connectivity index (χ0v) is 26.3. The van der Waals surface area contributed by atoms with Crippen LogP contribution in [-0.4, -0.2) is 73.4 Å². The van der Waals surface area contributed by atoms with Gasteiger partial charge in [-0.2, -0.15) is 0 Å². The molecule has 2 atom stereocenters. The number of carbonyl (C=O) groups is 3. The number of fused-ring (bicyclic) bond motifs is 2. The molecule has 0 radical (unpaired) electrons. The molecule has 13 heteroatoms. The van der Waals surface area contributed by atoms with Crippen LogP contribution < -0.4 is 15.5 Å². The highest BCUT2D eigenvalue weighted by Crippen LogP contribution is 2.53. The minimum atomic E-state index is -0.319. The summed E-state index contributed by atoms with van der Waals surface area (Å²) in [5, 5.41) is 14.8. The van der Waals surface area contributed by atoms with Crippen LogP contribution in [0.4, 0.5) is 21.9 Å². The molecule has 0 spiro atoms. The summed E-state index contributed by atoms with van der Waals surface area (Å²) in [6.07, 6.45) is 9.20. The summed E-state index contributed by atoms with van der Waals surface area (Å²) >= 11 is 0. The van der Waals surface area contributed by atoms with Crippen molar-refractivity contribution in [2.24, 2.45) is 0 Å². The van der Waals surface area contributed by atoms with Crippen LogP contribution in [0.2, 0.25) is 0 Å². The van der Waals surface area contributed by atoms with Crippen LogP contribution in [0, 0.1) is 6.92 Å². The molecule has 3 amide bonds. The monoisotopic (exact) mass is 633 g/mol. The smallest absolute Gasteiger partial charge is 0.331 e. The summed E-state index contributed by atoms with van der Waals surface area (Å²) in [5.41, 5.74) is 8.29. The van der Waals surface area contributed by atoms with Gasteiger partial charge in [-0.05, 0) is 74.1 Å². The average molecular weight is 634 g/mol. The molecule has 1 aliphatic heterocycles. The van der Waals surface area contributed by atoms with Gasteiger partial charge in [0.05, 0.1) is 23.4 Å². The minimum absolute atomic E-state index is 0.0276. The fraction of sp³-hybridized carbons (Fsp3) is 0.324. The maximum Gasteiger partial charge on any atom is 0.331 e. The van der Waals surface area contributed by atoms with E-state index < -0.39 is 0 Å². The molecule has 47 heavy (non-hydrogen) atoms. The van der Waals surface area contributed by atoms with Gasteiger partial charge in [-0.15, -0.1) is 0 Å². The van der Waals surface area contributed by atoms with E-state index in [1.165, 1.54) is 22.4 Å². The van der Waals surface area contributed by atoms with Gasteiger partial charge in [-0.25, -0.2) is 19.7 Å². The second kappa shape index (κ2) is 12.0. The van der Waals surface area contributed by atoms with Crippen molar-refractivity contribution in [3.05, 3.63) is 83.5 Å². The summed E-state index contributed by atoms with van der Waals surface area (Å²) in [7, 11) is 3.46. The van der Waals surface area contributed by atoms with Crippen molar-refractivity contribution in [3.8, 4) is 0 Å². The van der Waals surface area contributed by atoms with E-state index in [1.807, 2.05) is 42.9 Å². The molecule has 3 fully saturated rings. The van der Waals surface area contributed by atoms with Crippen molar-refractivity contribution in [2.75, 3.05) is 36.2 Å². The van der Waals surface area contributed by atoms with E-state index in [-0.39, 0.29) is 25.0 Å². The van der Waals surface area contributed by atoms with E-state index in [4.69, 9.17) is 19.9 Å². The highest BCUT2D eigenvalue weighted by molar-refractivity contribution is 6.13. The van der Waals surface area contributed by atoms with Crippen molar-refractivity contribution in [2.45, 2.75) is 50.5 Å². The normalized spacial score (nSPS) is 18.8. The Labute approximate surface area is 270 Å². The van der Waals surface area contributed by atoms with Crippen LogP contribution >= 0.6 is 0 Å². The summed E-state index contributed by atoms with van der Waals surface area (Å²) in [5.74, 6) is 1.76. The molecule has 0 bridgehead atoms. The number of hydrogen-bond acceptors (Lipinski definition) is 9. The van der Waals surface area contributed by atoms with E-state index in [0.717, 1.165) is 64.4 Å². The number of imide groups is 1. The second-order valence-corrected chi connectivity index (χ2v) is 12.3. The van der Waals surface area contributed by atoms with Crippen LogP contribution in [-0.2, 0) is 16.1 Å². The maximum absolute atomic E-state index is 12.9. The Balaban J connectivity index is 0.00000113. The summed E-state index contributed by atoms with van der Waals surface area (Å²) in [4.78, 5) is 55.4. The molecular weight excluding hydrogens is 598 g/mol. The number of imidazole rings is 1. The summed E-state index contributed by atoms with van der Waals surface area (Å²) in [6, 6.07) is 12.0. The molecule has 8 rings (SSSR count). The first-order chi connectivity index (χ1) is 22.8. The standard InChI is InChI=1S/C33H33N9O2.CH2O2/c1-18-8-9-35-31(37-18)25-12-24(25)28-13-26(34-2)23-7-6-21(11-27(23)39-28)36-14-22-16-41-15-20(19-4-5-19)10-29(32(41)38-22)42-17-30(43)40(3)33(42)44;2-1-3/h6-11,13,15-16,19,24-25,36H,4-5,12,14,17H2,1-3H3,(H,34,39);1H,(H,2,3)/t24-,25-;/m0./s1. The molecule has 13 nitrogen and oxygen atoms in total. The zero-order valence-electron chi connectivity index (χ0n) is 26.3. The number of nitrogens with one attached hydrogen (secondary N) is 2. The third kappa shape index (κ3) is 5.80. The number of anilines is 3. The van der Waals surface area contributed by atoms with Crippen molar-refractivity contribution in [1.82, 2.24) is 29.2 Å². The van der Waals surface area contributed by atoms with Gasteiger partial charge in [0.1, 0.15) is 12.4 Å². The van der Waals surface area contributed by atoms with E-state index in [2.05, 4.69) is 51.1 Å². The van der Waals surface area contributed by atoms with Gasteiger partial charge in [0.25, 0.3) is 6.47 Å². The number of aromatic nitrogens is 5. The molecule has 5 aromatic rings. The van der Waals surface area contributed by atoms with Gasteiger partial charge < -0.3 is 20.1 Å². The Bertz CT molecular complexity index is 2040. The Morgan fingerprint density at radius 2 is 1.85 bits per heavy atom. The number of pyridine rings is 2. The molecule has 1 aromatic carbocycles. The van der Waals surface area contributed by atoms with Crippen molar-refractivity contribution >= 4 is 52.0 Å². The van der Waals surface area contributed by atoms with Gasteiger partial charge in [-0.1, -0.05) is 0 Å². The van der Waals surface area contributed by atoms with Gasteiger partial charge in [0.15, 0.2) is 5.65 Å². The Kier molecular flexibility index (Phi) is 7.66. The molecule has 5 heterocycles. The molecule has 0 unspecified atom stereocenters. The fourth-order valence-corrected chi connectivity index (χ4v) is 6.26. The number of amides is 3. The minimum Gasteiger partial charge on any atom is -0.483 e. The van der Waals surface area contributed by atoms with Gasteiger partial charge >= 0.3 is 6.03 Å². The predicted molar refractivity (Wildman–Crippen MR) is 177 cm³/mol. The fourth-order valence-electron chi connectivity index (χ4n) is 6.26. The van der Waals surface area contributed by atoms with E-state index in [9.17, 15) is 9.59 Å². The Morgan fingerprint density at radius 1 is 1.04 bits per heavy atom. The molecule has 3 N–H and O–H groups in total. The first-order valence-corrected chi connectivity index (χ1v) is 15.6. The topological polar surface area (TPSA) is 158 Å². The van der Waals surface area contributed by atoms with E-state index >= 15 is 0 Å². The van der Waals surface area contributed by atoms with Crippen LogP contribution in [0.5, 0.6) is 0 Å². The van der Waals surface area contributed by atoms with Crippen LogP contribution in [0.1, 0.15) is 65.5 Å². The number of nitrogens with zero attached hydrogens (tertiary/aromatic N) is 7. The lowest BCUT2D eigenvalue weighted by atomic mass is 10.1. The van der Waals surface area contributed by atoms with Crippen molar-refractivity contribution < 1.29 is 19.5 Å². The molecule has 240 valence electrons. The van der Waals surface area contributed by atoms with Crippen LogP contribution in [0.3, 0.4) is 0 Å². The third-order valence-corrected chi connectivity index (χ3v) is 9.02. The zero-order chi connectivity index (χ0) is 32.8. The molecule has 4 aromatic heterocycles. The number of benzene rings is 1. The van der Waals surface area contributed by atoms with Crippen LogP contribution in [0.15, 0.2) is 55.0 Å².